The van der Waals surface area contributed by atoms with Crippen molar-refractivity contribution in [2.45, 2.75) is 80.9 Å². The third-order valence-corrected chi connectivity index (χ3v) is 11.5. The van der Waals surface area contributed by atoms with Crippen LogP contribution in [0.15, 0.2) is 60.8 Å². The van der Waals surface area contributed by atoms with Crippen LogP contribution < -0.4 is 9.75 Å². The van der Waals surface area contributed by atoms with E-state index in [-0.39, 0.29) is 10.8 Å². The van der Waals surface area contributed by atoms with Gasteiger partial charge >= 0.3 is 0 Å². The Morgan fingerprint density at radius 1 is 0.698 bits per heavy atom. The third kappa shape index (κ3) is 4.30. The summed E-state index contributed by atoms with van der Waals surface area (Å²) in [6.45, 7) is 24.1. The van der Waals surface area contributed by atoms with Crippen molar-refractivity contribution < 1.29 is 4.57 Å². The van der Waals surface area contributed by atoms with Crippen molar-refractivity contribution in [2.24, 2.45) is 17.9 Å². The fraction of sp³-hybridized carbons (Fsp3) is 0.375. The molecule has 7 aromatic rings. The molecule has 0 fully saturated rings. The molecule has 0 saturated heterocycles. The topological polar surface area (TPSA) is 8.29 Å². The summed E-state index contributed by atoms with van der Waals surface area (Å²) in [5.41, 5.74) is 10.2. The molecular formula is C40H47N2Si+. The standard InChI is InChI=1S/C40H47N2Si/c1-24-29-20-25(22-39(2,3)4)16-17-26(29)31(23-40(5,6)7)37-34(24)38-35-28(18-19-41(38)8)33(43(9,10)11)21-30-27-14-12-13-15-32(27)42(37)36(30)35/h12-21H,22-23H2,1-11H3/q+1. The first-order chi connectivity index (χ1) is 20.0. The molecule has 4 aromatic carbocycles. The van der Waals surface area contributed by atoms with E-state index >= 15 is 0 Å². The number of fused-ring (bicyclic) bond motifs is 7. The molecule has 3 heterocycles. The summed E-state index contributed by atoms with van der Waals surface area (Å²) < 4.78 is 5.08. The Balaban J connectivity index is 1.84. The van der Waals surface area contributed by atoms with Gasteiger partial charge in [0.15, 0.2) is 6.20 Å². The highest BCUT2D eigenvalue weighted by molar-refractivity contribution is 6.90. The summed E-state index contributed by atoms with van der Waals surface area (Å²) in [5, 5.41) is 11.4. The number of hydrogen-bond donors (Lipinski definition) is 0. The summed E-state index contributed by atoms with van der Waals surface area (Å²) in [7, 11) is 0.607. The summed E-state index contributed by atoms with van der Waals surface area (Å²) in [6.07, 6.45) is 4.40. The number of hydrogen-bond acceptors (Lipinski definition) is 0. The molecule has 0 amide bonds. The second kappa shape index (κ2) is 9.05. The third-order valence-electron chi connectivity index (χ3n) is 9.47. The van der Waals surface area contributed by atoms with E-state index in [9.17, 15) is 0 Å². The van der Waals surface area contributed by atoms with Crippen molar-refractivity contribution in [1.82, 2.24) is 4.40 Å². The fourth-order valence-corrected chi connectivity index (χ4v) is 9.46. The first kappa shape index (κ1) is 28.3. The molecule has 0 aliphatic heterocycles. The van der Waals surface area contributed by atoms with Crippen LogP contribution in [-0.2, 0) is 19.9 Å². The molecule has 0 unspecified atom stereocenters. The van der Waals surface area contributed by atoms with Crippen molar-refractivity contribution >= 4 is 73.0 Å². The Morgan fingerprint density at radius 3 is 2.07 bits per heavy atom. The molecule has 3 aromatic heterocycles. The number of benzene rings is 4. The van der Waals surface area contributed by atoms with Crippen molar-refractivity contribution in [1.29, 1.82) is 0 Å². The van der Waals surface area contributed by atoms with Crippen LogP contribution in [0.1, 0.15) is 58.2 Å². The van der Waals surface area contributed by atoms with Gasteiger partial charge in [0.2, 0.25) is 5.52 Å². The average Bonchev–Trinajstić information content (AvgIpc) is 3.23. The van der Waals surface area contributed by atoms with Gasteiger partial charge in [-0.1, -0.05) is 109 Å². The van der Waals surface area contributed by atoms with E-state index in [0.717, 1.165) is 12.8 Å². The van der Waals surface area contributed by atoms with Gasteiger partial charge in [-0.3, -0.25) is 0 Å². The van der Waals surface area contributed by atoms with Gasteiger partial charge in [-0.05, 0) is 69.5 Å². The molecule has 0 aliphatic rings. The van der Waals surface area contributed by atoms with E-state index in [1.165, 1.54) is 76.5 Å². The lowest BCUT2D eigenvalue weighted by molar-refractivity contribution is -0.643. The number of aryl methyl sites for hydroxylation is 2. The second-order valence-corrected chi connectivity index (χ2v) is 21.7. The molecule has 0 radical (unpaired) electrons. The van der Waals surface area contributed by atoms with E-state index in [1.807, 2.05) is 0 Å². The van der Waals surface area contributed by atoms with E-state index < -0.39 is 8.07 Å². The molecule has 0 aliphatic carbocycles. The highest BCUT2D eigenvalue weighted by Gasteiger charge is 2.31. The molecular weight excluding hydrogens is 537 g/mol. The maximum Gasteiger partial charge on any atom is 0.224 e. The van der Waals surface area contributed by atoms with Gasteiger partial charge in [-0.2, -0.15) is 0 Å². The fourth-order valence-electron chi connectivity index (χ4n) is 7.87. The Bertz CT molecular complexity index is 2240. The van der Waals surface area contributed by atoms with E-state index in [4.69, 9.17) is 0 Å². The average molecular weight is 584 g/mol. The molecule has 0 N–H and O–H groups in total. The van der Waals surface area contributed by atoms with E-state index in [1.54, 1.807) is 5.19 Å². The van der Waals surface area contributed by atoms with Crippen LogP contribution in [0.2, 0.25) is 19.6 Å². The zero-order chi connectivity index (χ0) is 30.8. The van der Waals surface area contributed by atoms with Gasteiger partial charge < -0.3 is 4.40 Å². The van der Waals surface area contributed by atoms with E-state index in [2.05, 4.69) is 145 Å². The van der Waals surface area contributed by atoms with Gasteiger partial charge in [0.1, 0.15) is 7.05 Å². The lowest BCUT2D eigenvalue weighted by Crippen LogP contribution is -2.39. The number of para-hydroxylation sites is 1. The number of rotatable bonds is 3. The predicted octanol–water partition coefficient (Wildman–Crippen LogP) is 10.00. The van der Waals surface area contributed by atoms with E-state index in [0.29, 0.717) is 0 Å². The lowest BCUT2D eigenvalue weighted by Gasteiger charge is -2.26. The zero-order valence-electron chi connectivity index (χ0n) is 28.1. The Labute approximate surface area is 257 Å². The molecule has 0 spiro atoms. The van der Waals surface area contributed by atoms with Crippen LogP contribution in [0.4, 0.5) is 0 Å². The van der Waals surface area contributed by atoms with Crippen LogP contribution in [0, 0.1) is 17.8 Å². The normalized spacial score (nSPS) is 13.7. The van der Waals surface area contributed by atoms with Gasteiger partial charge in [-0.25, -0.2) is 4.57 Å². The number of aromatic nitrogens is 2. The van der Waals surface area contributed by atoms with Crippen LogP contribution in [0.3, 0.4) is 0 Å². The highest BCUT2D eigenvalue weighted by Crippen LogP contribution is 2.45. The summed E-state index contributed by atoms with van der Waals surface area (Å²) in [5.74, 6) is 0. The summed E-state index contributed by atoms with van der Waals surface area (Å²) in [4.78, 5) is 0. The number of pyridine rings is 2. The molecule has 3 heteroatoms. The SMILES string of the molecule is Cc1c2cc(CC(C)(C)C)ccc2c(CC(C)(C)C)c2c1c1c3c(cc[n+]1C)c([Si](C)(C)C)cc1c4ccccc4n2c13. The summed E-state index contributed by atoms with van der Waals surface area (Å²) in [6, 6.07) is 21.4. The molecule has 7 rings (SSSR count). The van der Waals surface area contributed by atoms with Gasteiger partial charge in [0.05, 0.1) is 35.4 Å². The van der Waals surface area contributed by atoms with Crippen LogP contribution in [0.5, 0.6) is 0 Å². The molecule has 0 atom stereocenters. The van der Waals surface area contributed by atoms with Crippen LogP contribution in [0.25, 0.3) is 59.8 Å². The van der Waals surface area contributed by atoms with Gasteiger partial charge in [0, 0.05) is 16.8 Å². The minimum atomic E-state index is -1.65. The molecule has 43 heavy (non-hydrogen) atoms. The lowest BCUT2D eigenvalue weighted by atomic mass is 9.81. The van der Waals surface area contributed by atoms with Gasteiger partial charge in [0.25, 0.3) is 0 Å². The second-order valence-electron chi connectivity index (χ2n) is 16.7. The maximum absolute atomic E-state index is 2.67. The van der Waals surface area contributed by atoms with Crippen molar-refractivity contribution in [3.05, 3.63) is 77.5 Å². The first-order valence-electron chi connectivity index (χ1n) is 16.0. The number of nitrogens with zero attached hydrogens (tertiary/aromatic N) is 2. The highest BCUT2D eigenvalue weighted by atomic mass is 28.3. The Hall–Kier alpha value is -3.43. The largest absolute Gasteiger partial charge is 0.307 e. The van der Waals surface area contributed by atoms with Crippen LogP contribution >= 0.6 is 0 Å². The Kier molecular flexibility index (Phi) is 5.96. The van der Waals surface area contributed by atoms with Crippen molar-refractivity contribution in [2.75, 3.05) is 0 Å². The first-order valence-corrected chi connectivity index (χ1v) is 19.5. The minimum absolute atomic E-state index is 0.137. The smallest absolute Gasteiger partial charge is 0.224 e. The van der Waals surface area contributed by atoms with Crippen molar-refractivity contribution in [3.8, 4) is 0 Å². The molecule has 220 valence electrons. The Morgan fingerprint density at radius 2 is 1.40 bits per heavy atom. The minimum Gasteiger partial charge on any atom is -0.307 e. The monoisotopic (exact) mass is 583 g/mol. The van der Waals surface area contributed by atoms with Crippen LogP contribution in [-0.4, -0.2) is 12.5 Å². The summed E-state index contributed by atoms with van der Waals surface area (Å²) >= 11 is 0. The predicted molar refractivity (Wildman–Crippen MR) is 191 cm³/mol. The van der Waals surface area contributed by atoms with Crippen molar-refractivity contribution in [3.63, 3.8) is 0 Å². The maximum atomic E-state index is 2.67. The molecule has 2 nitrogen and oxygen atoms in total. The zero-order valence-corrected chi connectivity index (χ0v) is 29.1. The quantitative estimate of drug-likeness (QED) is 0.0847. The molecule has 0 bridgehead atoms. The van der Waals surface area contributed by atoms with Gasteiger partial charge in [-0.15, -0.1) is 0 Å². The molecule has 0 saturated carbocycles.